The van der Waals surface area contributed by atoms with E-state index in [1.54, 1.807) is 0 Å². The minimum Gasteiger partial charge on any atom is -1.00 e. The molecule has 3 heteroatoms. The summed E-state index contributed by atoms with van der Waals surface area (Å²) in [5.74, 6) is 3.29. The van der Waals surface area contributed by atoms with Crippen LogP contribution >= 0.6 is 0 Å². The first-order valence-corrected chi connectivity index (χ1v) is 4.06. The van der Waals surface area contributed by atoms with Gasteiger partial charge in [0.15, 0.2) is 0 Å². The van der Waals surface area contributed by atoms with E-state index in [0.29, 0.717) is 0 Å². The number of rotatable bonds is 0. The zero-order valence-electron chi connectivity index (χ0n) is 6.90. The molecule has 0 aliphatic heterocycles. The molecule has 1 fully saturated rings. The van der Waals surface area contributed by atoms with Crippen molar-refractivity contribution in [3.05, 3.63) is 30.7 Å². The molecule has 74 valence electrons. The summed E-state index contributed by atoms with van der Waals surface area (Å²) < 4.78 is 0. The molecule has 0 aromatic rings. The van der Waals surface area contributed by atoms with E-state index in [4.69, 9.17) is 0 Å². The van der Waals surface area contributed by atoms with E-state index < -0.39 is 0 Å². The zero-order chi connectivity index (χ0) is 6.55. The molecule has 0 aromatic carbocycles. The van der Waals surface area contributed by atoms with E-state index in [-0.39, 0.29) is 45.9 Å². The van der Waals surface area contributed by atoms with Crippen molar-refractivity contribution in [3.63, 3.8) is 0 Å². The number of hydrogen-bond donors (Lipinski definition) is 0. The minimum atomic E-state index is 0. The molecule has 0 saturated heterocycles. The average Bonchev–Trinajstić information content (AvgIpc) is 2.60. The first-order chi connectivity index (χ1) is 4.95. The van der Waals surface area contributed by atoms with Gasteiger partial charge in [-0.1, -0.05) is 18.3 Å². The second-order valence-corrected chi connectivity index (χ2v) is 3.57. The van der Waals surface area contributed by atoms with E-state index in [1.165, 1.54) is 6.42 Å². The van der Waals surface area contributed by atoms with Crippen LogP contribution < -0.4 is 24.8 Å². The molecule has 0 amide bonds. The molecule has 0 aromatic heterocycles. The van der Waals surface area contributed by atoms with Crippen molar-refractivity contribution in [2.24, 2.45) is 23.7 Å². The number of fused-ring (bicyclic) bond motifs is 5. The molecule has 3 rings (SSSR count). The van der Waals surface area contributed by atoms with Gasteiger partial charge in [-0.15, -0.1) is 5.92 Å². The normalized spacial score (nSPS) is 41.2. The van der Waals surface area contributed by atoms with Crippen LogP contribution in [0.4, 0.5) is 0 Å². The van der Waals surface area contributed by atoms with Crippen LogP contribution in [0.1, 0.15) is 6.42 Å². The van der Waals surface area contributed by atoms with Crippen LogP contribution in [0.3, 0.4) is 0 Å². The standard InChI is InChI=1S/C10H10.2ClH.Pt/c1-2-9-7-4-5-8(6-7)10(9)3-1;;;/h1-4,7-10H,6H2;2*1H;/q-2;;;+4/p-2. The van der Waals surface area contributed by atoms with E-state index in [2.05, 4.69) is 30.7 Å². The van der Waals surface area contributed by atoms with Gasteiger partial charge in [0, 0.05) is 0 Å². The fourth-order valence-corrected chi connectivity index (χ4v) is 2.62. The second-order valence-electron chi connectivity index (χ2n) is 3.57. The molecule has 4 unspecified atom stereocenters. The van der Waals surface area contributed by atoms with Gasteiger partial charge >= 0.3 is 21.1 Å². The molecular formula is C10H10Cl2Pt. The molecular weight excluding hydrogens is 386 g/mol. The topological polar surface area (TPSA) is 0 Å². The molecule has 0 radical (unpaired) electrons. The van der Waals surface area contributed by atoms with Gasteiger partial charge in [-0.3, -0.25) is 6.08 Å². The average molecular weight is 396 g/mol. The van der Waals surface area contributed by atoms with Crippen LogP contribution in [0, 0.1) is 36.2 Å². The Hall–Kier alpha value is 0.618. The number of halogens is 2. The first kappa shape index (κ1) is 13.6. The molecule has 1 saturated carbocycles. The zero-order valence-corrected chi connectivity index (χ0v) is 10.7. The SMILES string of the molecule is [C-]1=CC2CC1C1[CH-]C=CC21.[Cl-].[Cl-].[Pt+4]. The van der Waals surface area contributed by atoms with Crippen LogP contribution in [0.15, 0.2) is 18.2 Å². The Labute approximate surface area is 106 Å². The maximum Gasteiger partial charge on any atom is 4.00 e. The quantitative estimate of drug-likeness (QED) is 0.367. The maximum atomic E-state index is 3.43. The summed E-state index contributed by atoms with van der Waals surface area (Å²) in [6, 6.07) is 0. The van der Waals surface area contributed by atoms with E-state index >= 15 is 0 Å². The molecule has 0 heterocycles. The molecule has 3 aliphatic carbocycles. The third kappa shape index (κ3) is 1.87. The summed E-state index contributed by atoms with van der Waals surface area (Å²) in [6.45, 7) is 0. The summed E-state index contributed by atoms with van der Waals surface area (Å²) in [5, 5.41) is 0. The molecule has 2 bridgehead atoms. The Balaban J connectivity index is 0.000000480. The van der Waals surface area contributed by atoms with Gasteiger partial charge in [-0.25, -0.2) is 18.6 Å². The largest absolute Gasteiger partial charge is 4.00 e. The van der Waals surface area contributed by atoms with Gasteiger partial charge in [0.05, 0.1) is 0 Å². The van der Waals surface area contributed by atoms with Crippen LogP contribution in [-0.2, 0) is 21.1 Å². The minimum absolute atomic E-state index is 0. The molecule has 0 nitrogen and oxygen atoms in total. The van der Waals surface area contributed by atoms with Crippen LogP contribution in [0.5, 0.6) is 0 Å². The molecule has 13 heavy (non-hydrogen) atoms. The van der Waals surface area contributed by atoms with Crippen molar-refractivity contribution in [1.29, 1.82) is 0 Å². The van der Waals surface area contributed by atoms with Crippen molar-refractivity contribution in [2.75, 3.05) is 0 Å². The first-order valence-electron chi connectivity index (χ1n) is 4.06. The van der Waals surface area contributed by atoms with E-state index in [0.717, 1.165) is 23.7 Å². The Morgan fingerprint density at radius 1 is 1.31 bits per heavy atom. The Morgan fingerprint density at radius 2 is 2.08 bits per heavy atom. The van der Waals surface area contributed by atoms with Crippen LogP contribution in [0.2, 0.25) is 0 Å². The summed E-state index contributed by atoms with van der Waals surface area (Å²) >= 11 is 0. The molecule has 3 aliphatic rings. The number of hydrogen-bond acceptors (Lipinski definition) is 0. The summed E-state index contributed by atoms with van der Waals surface area (Å²) in [7, 11) is 0. The Bertz CT molecular complexity index is 225. The Morgan fingerprint density at radius 3 is 2.77 bits per heavy atom. The number of allylic oxidation sites excluding steroid dienone is 4. The van der Waals surface area contributed by atoms with Gasteiger partial charge in [-0.2, -0.15) is 5.92 Å². The smallest absolute Gasteiger partial charge is 1.00 e. The molecule has 0 N–H and O–H groups in total. The van der Waals surface area contributed by atoms with Crippen LogP contribution in [-0.4, -0.2) is 0 Å². The van der Waals surface area contributed by atoms with Crippen molar-refractivity contribution in [3.8, 4) is 0 Å². The van der Waals surface area contributed by atoms with Crippen molar-refractivity contribution in [2.45, 2.75) is 6.42 Å². The monoisotopic (exact) mass is 395 g/mol. The predicted molar refractivity (Wildman–Crippen MR) is 39.8 cm³/mol. The van der Waals surface area contributed by atoms with Crippen molar-refractivity contribution < 1.29 is 45.9 Å². The van der Waals surface area contributed by atoms with Crippen molar-refractivity contribution >= 4 is 0 Å². The van der Waals surface area contributed by atoms with Gasteiger partial charge < -0.3 is 30.9 Å². The van der Waals surface area contributed by atoms with Gasteiger partial charge in [0.2, 0.25) is 0 Å². The second kappa shape index (κ2) is 4.91. The fourth-order valence-electron chi connectivity index (χ4n) is 2.62. The van der Waals surface area contributed by atoms with E-state index in [1.807, 2.05) is 0 Å². The predicted octanol–water partition coefficient (Wildman–Crippen LogP) is -3.99. The third-order valence-electron chi connectivity index (χ3n) is 3.12. The van der Waals surface area contributed by atoms with Crippen LogP contribution in [0.25, 0.3) is 0 Å². The molecule has 0 spiro atoms. The van der Waals surface area contributed by atoms with Gasteiger partial charge in [0.1, 0.15) is 0 Å². The third-order valence-corrected chi connectivity index (χ3v) is 3.12. The summed E-state index contributed by atoms with van der Waals surface area (Å²) in [6.07, 6.45) is 14.0. The fraction of sp³-hybridized carbons (Fsp3) is 0.500. The van der Waals surface area contributed by atoms with Gasteiger partial charge in [0.25, 0.3) is 0 Å². The maximum absolute atomic E-state index is 3.43. The van der Waals surface area contributed by atoms with Crippen molar-refractivity contribution in [1.82, 2.24) is 0 Å². The molecule has 4 atom stereocenters. The summed E-state index contributed by atoms with van der Waals surface area (Å²) in [5.41, 5.74) is 0. The Kier molecular flexibility index (Phi) is 5.15. The summed E-state index contributed by atoms with van der Waals surface area (Å²) in [4.78, 5) is 0. The van der Waals surface area contributed by atoms with Gasteiger partial charge in [-0.05, 0) is 0 Å². The van der Waals surface area contributed by atoms with E-state index in [9.17, 15) is 0 Å².